The maximum Gasteiger partial charge on any atom is 0.416 e. The molecule has 2 nitrogen and oxygen atoms in total. The smallest absolute Gasteiger partial charge is 0.311 e. The highest BCUT2D eigenvalue weighted by Gasteiger charge is 2.29. The van der Waals surface area contributed by atoms with Crippen molar-refractivity contribution in [1.29, 1.82) is 0 Å². The summed E-state index contributed by atoms with van der Waals surface area (Å²) in [5.41, 5.74) is 1.57. The summed E-state index contributed by atoms with van der Waals surface area (Å²) in [5, 5.41) is 1.32. The van der Waals surface area contributed by atoms with Crippen molar-refractivity contribution < 1.29 is 13.2 Å². The molecule has 5 heteroatoms. The topological polar surface area (TPSA) is 22.0 Å². The molecular formula is C26H18F3NO. The average Bonchev–Trinajstić information content (AvgIpc) is 2.76. The monoisotopic (exact) mass is 417 g/mol. The number of aromatic nitrogens is 1. The number of benzene rings is 3. The molecule has 0 aliphatic rings. The van der Waals surface area contributed by atoms with Crippen molar-refractivity contribution in [3.8, 4) is 11.8 Å². The van der Waals surface area contributed by atoms with Crippen LogP contribution < -0.4 is 5.56 Å². The SMILES string of the molecule is O=c1c2cc(C#CCc3ccccc3)ccc2ccn1Cc1ccc(C(F)(F)F)cc1. The zero-order chi connectivity index (χ0) is 21.8. The highest BCUT2D eigenvalue weighted by molar-refractivity contribution is 5.82. The minimum absolute atomic E-state index is 0.191. The fourth-order valence-corrected chi connectivity index (χ4v) is 3.32. The Morgan fingerprint density at radius 2 is 1.58 bits per heavy atom. The van der Waals surface area contributed by atoms with Crippen LogP contribution in [0.2, 0.25) is 0 Å². The van der Waals surface area contributed by atoms with E-state index < -0.39 is 11.7 Å². The fraction of sp³-hybridized carbons (Fsp3) is 0.115. The number of pyridine rings is 1. The van der Waals surface area contributed by atoms with Crippen LogP contribution in [0, 0.1) is 11.8 Å². The molecule has 0 amide bonds. The minimum Gasteiger partial charge on any atom is -0.311 e. The third-order valence-electron chi connectivity index (χ3n) is 4.98. The summed E-state index contributed by atoms with van der Waals surface area (Å²) in [6.45, 7) is 0.191. The van der Waals surface area contributed by atoms with E-state index in [0.717, 1.165) is 28.6 Å². The molecule has 0 saturated heterocycles. The Labute approximate surface area is 177 Å². The van der Waals surface area contributed by atoms with Crippen LogP contribution in [-0.4, -0.2) is 4.57 Å². The molecule has 3 aromatic carbocycles. The van der Waals surface area contributed by atoms with Gasteiger partial charge in [-0.25, -0.2) is 0 Å². The third kappa shape index (κ3) is 4.87. The molecule has 0 N–H and O–H groups in total. The van der Waals surface area contributed by atoms with Gasteiger partial charge in [0.25, 0.3) is 5.56 Å². The summed E-state index contributed by atoms with van der Waals surface area (Å²) in [6.07, 6.45) is -2.11. The van der Waals surface area contributed by atoms with Gasteiger partial charge in [0.1, 0.15) is 0 Å². The second-order valence-corrected chi connectivity index (χ2v) is 7.21. The zero-order valence-electron chi connectivity index (χ0n) is 16.5. The van der Waals surface area contributed by atoms with Crippen LogP contribution in [0.4, 0.5) is 13.2 Å². The van der Waals surface area contributed by atoms with E-state index in [4.69, 9.17) is 0 Å². The quantitative estimate of drug-likeness (QED) is 0.394. The molecule has 0 aliphatic carbocycles. The van der Waals surface area contributed by atoms with Gasteiger partial charge in [-0.15, -0.1) is 0 Å². The van der Waals surface area contributed by atoms with Crippen molar-refractivity contribution in [1.82, 2.24) is 4.57 Å². The number of rotatable bonds is 3. The van der Waals surface area contributed by atoms with Crippen molar-refractivity contribution in [3.05, 3.63) is 118 Å². The van der Waals surface area contributed by atoms with Crippen molar-refractivity contribution in [2.24, 2.45) is 0 Å². The second-order valence-electron chi connectivity index (χ2n) is 7.21. The lowest BCUT2D eigenvalue weighted by Crippen LogP contribution is -2.20. The zero-order valence-corrected chi connectivity index (χ0v) is 16.5. The number of alkyl halides is 3. The van der Waals surface area contributed by atoms with Crippen LogP contribution in [0.15, 0.2) is 89.9 Å². The Kier molecular flexibility index (Phi) is 5.64. The van der Waals surface area contributed by atoms with Crippen LogP contribution >= 0.6 is 0 Å². The highest BCUT2D eigenvalue weighted by atomic mass is 19.4. The van der Waals surface area contributed by atoms with Crippen LogP contribution in [0.3, 0.4) is 0 Å². The summed E-state index contributed by atoms with van der Waals surface area (Å²) in [7, 11) is 0. The minimum atomic E-state index is -4.38. The molecule has 1 aromatic heterocycles. The maximum atomic E-state index is 12.9. The van der Waals surface area contributed by atoms with E-state index in [0.29, 0.717) is 17.4 Å². The van der Waals surface area contributed by atoms with E-state index in [1.54, 1.807) is 12.3 Å². The van der Waals surface area contributed by atoms with Gasteiger partial charge in [0.2, 0.25) is 0 Å². The third-order valence-corrected chi connectivity index (χ3v) is 4.98. The normalized spacial score (nSPS) is 11.2. The number of hydrogen-bond donors (Lipinski definition) is 0. The van der Waals surface area contributed by atoms with Gasteiger partial charge in [-0.1, -0.05) is 60.4 Å². The summed E-state index contributed by atoms with van der Waals surface area (Å²) >= 11 is 0. The summed E-state index contributed by atoms with van der Waals surface area (Å²) in [5.74, 6) is 6.22. The number of hydrogen-bond acceptors (Lipinski definition) is 1. The molecule has 0 fully saturated rings. The van der Waals surface area contributed by atoms with Crippen molar-refractivity contribution in [2.45, 2.75) is 19.1 Å². The summed E-state index contributed by atoms with van der Waals surface area (Å²) in [4.78, 5) is 12.9. The van der Waals surface area contributed by atoms with E-state index in [1.807, 2.05) is 48.5 Å². The van der Waals surface area contributed by atoms with Gasteiger partial charge in [0, 0.05) is 23.6 Å². The molecule has 0 unspecified atom stereocenters. The van der Waals surface area contributed by atoms with Gasteiger partial charge in [0.15, 0.2) is 0 Å². The van der Waals surface area contributed by atoms with E-state index in [-0.39, 0.29) is 12.1 Å². The molecule has 0 aliphatic heterocycles. The lowest BCUT2D eigenvalue weighted by molar-refractivity contribution is -0.137. The molecule has 0 radical (unpaired) electrons. The van der Waals surface area contributed by atoms with Gasteiger partial charge in [-0.3, -0.25) is 4.79 Å². The first-order valence-corrected chi connectivity index (χ1v) is 9.72. The van der Waals surface area contributed by atoms with Gasteiger partial charge in [0.05, 0.1) is 12.1 Å². The summed E-state index contributed by atoms with van der Waals surface area (Å²) in [6, 6.07) is 22.1. The Morgan fingerprint density at radius 1 is 0.839 bits per heavy atom. The molecular weight excluding hydrogens is 399 g/mol. The Hall–Kier alpha value is -3.78. The van der Waals surface area contributed by atoms with Crippen molar-refractivity contribution in [2.75, 3.05) is 0 Å². The first-order chi connectivity index (χ1) is 14.9. The largest absolute Gasteiger partial charge is 0.416 e. The predicted molar refractivity (Wildman–Crippen MR) is 116 cm³/mol. The van der Waals surface area contributed by atoms with Crippen LogP contribution in [-0.2, 0) is 19.1 Å². The summed E-state index contributed by atoms with van der Waals surface area (Å²) < 4.78 is 39.7. The van der Waals surface area contributed by atoms with Crippen LogP contribution in [0.1, 0.15) is 22.3 Å². The standard InChI is InChI=1S/C26H18F3NO/c27-26(28,29)23-13-10-21(11-14-23)18-30-16-15-22-12-9-20(17-24(22)25(30)31)8-4-7-19-5-2-1-3-6-19/h1-3,5-6,9-17H,7,18H2. The lowest BCUT2D eigenvalue weighted by atomic mass is 10.1. The second kappa shape index (κ2) is 8.53. The van der Waals surface area contributed by atoms with Gasteiger partial charge >= 0.3 is 6.18 Å². The fourth-order valence-electron chi connectivity index (χ4n) is 3.32. The Bertz CT molecular complexity index is 1330. The van der Waals surface area contributed by atoms with Crippen molar-refractivity contribution >= 4 is 10.8 Å². The van der Waals surface area contributed by atoms with Crippen molar-refractivity contribution in [3.63, 3.8) is 0 Å². The number of nitrogens with zero attached hydrogens (tertiary/aromatic N) is 1. The molecule has 0 saturated carbocycles. The van der Waals surface area contributed by atoms with E-state index >= 15 is 0 Å². The van der Waals surface area contributed by atoms with Gasteiger partial charge in [-0.2, -0.15) is 13.2 Å². The molecule has 1 heterocycles. The Balaban J connectivity index is 1.58. The molecule has 154 valence electrons. The molecule has 0 atom stereocenters. The molecule has 0 bridgehead atoms. The van der Waals surface area contributed by atoms with Gasteiger partial charge < -0.3 is 4.57 Å². The lowest BCUT2D eigenvalue weighted by Gasteiger charge is -2.10. The van der Waals surface area contributed by atoms with E-state index in [9.17, 15) is 18.0 Å². The van der Waals surface area contributed by atoms with E-state index in [1.165, 1.54) is 16.7 Å². The van der Waals surface area contributed by atoms with E-state index in [2.05, 4.69) is 11.8 Å². The molecule has 4 aromatic rings. The van der Waals surface area contributed by atoms with Crippen LogP contribution in [0.5, 0.6) is 0 Å². The Morgan fingerprint density at radius 3 is 2.29 bits per heavy atom. The van der Waals surface area contributed by atoms with Gasteiger partial charge in [-0.05, 0) is 46.8 Å². The molecule has 31 heavy (non-hydrogen) atoms. The first-order valence-electron chi connectivity index (χ1n) is 9.72. The number of fused-ring (bicyclic) bond motifs is 1. The number of halogens is 3. The first kappa shape index (κ1) is 20.5. The maximum absolute atomic E-state index is 12.9. The van der Waals surface area contributed by atoms with Crippen LogP contribution in [0.25, 0.3) is 10.8 Å². The molecule has 4 rings (SSSR count). The highest BCUT2D eigenvalue weighted by Crippen LogP contribution is 2.29. The molecule has 0 spiro atoms. The average molecular weight is 417 g/mol. The predicted octanol–water partition coefficient (Wildman–Crippen LogP) is 5.66.